The van der Waals surface area contributed by atoms with Gasteiger partial charge in [-0.15, -0.1) is 0 Å². The second kappa shape index (κ2) is 11.6. The SMILES string of the molecule is CCOC(=O)c1cc(=O)n(C)[nH]1.Cc1ccc(S(=O)(=O)Cc2c(C(=O)O)[nH]n(-c3ccccc3)c2=O)cc1. The molecule has 0 saturated carbocycles. The number of rotatable bonds is 7. The molecule has 0 unspecified atom stereocenters. The lowest BCUT2D eigenvalue weighted by molar-refractivity contribution is 0.0518. The van der Waals surface area contributed by atoms with Crippen LogP contribution < -0.4 is 11.1 Å². The Hall–Kier alpha value is -4.65. The Morgan fingerprint density at radius 2 is 1.63 bits per heavy atom. The van der Waals surface area contributed by atoms with Gasteiger partial charge in [0.1, 0.15) is 11.4 Å². The van der Waals surface area contributed by atoms with Gasteiger partial charge in [-0.2, -0.15) is 0 Å². The van der Waals surface area contributed by atoms with Crippen molar-refractivity contribution in [2.24, 2.45) is 7.05 Å². The van der Waals surface area contributed by atoms with E-state index >= 15 is 0 Å². The van der Waals surface area contributed by atoms with Crippen LogP contribution in [-0.2, 0) is 27.4 Å². The molecule has 0 aliphatic rings. The predicted molar refractivity (Wildman–Crippen MR) is 137 cm³/mol. The molecule has 4 rings (SSSR count). The molecule has 2 heterocycles. The number of carboxylic acid groups (broad SMARTS) is 1. The van der Waals surface area contributed by atoms with Crippen LogP contribution in [0.2, 0.25) is 0 Å². The van der Waals surface area contributed by atoms with Crippen LogP contribution in [0.1, 0.15) is 39.0 Å². The summed E-state index contributed by atoms with van der Waals surface area (Å²) in [7, 11) is -2.34. The third-order valence-corrected chi connectivity index (χ3v) is 6.97. The van der Waals surface area contributed by atoms with Gasteiger partial charge in [-0.25, -0.2) is 22.7 Å². The van der Waals surface area contributed by atoms with Crippen molar-refractivity contribution in [3.05, 3.63) is 104 Å². The number of hydrogen-bond acceptors (Lipinski definition) is 7. The van der Waals surface area contributed by atoms with Crippen LogP contribution >= 0.6 is 0 Å². The van der Waals surface area contributed by atoms with Gasteiger partial charge in [0.05, 0.1) is 28.5 Å². The quantitative estimate of drug-likeness (QED) is 0.298. The van der Waals surface area contributed by atoms with Crippen molar-refractivity contribution < 1.29 is 27.9 Å². The van der Waals surface area contributed by atoms with Crippen molar-refractivity contribution in [3.8, 4) is 5.69 Å². The Morgan fingerprint density at radius 1 is 1.00 bits per heavy atom. The molecule has 3 N–H and O–H groups in total. The number of benzene rings is 2. The fourth-order valence-corrected chi connectivity index (χ4v) is 4.73. The summed E-state index contributed by atoms with van der Waals surface area (Å²) in [5.74, 6) is -2.60. The number of para-hydroxylation sites is 1. The molecule has 2 aromatic carbocycles. The monoisotopic (exact) mass is 542 g/mol. The summed E-state index contributed by atoms with van der Waals surface area (Å²) in [5.41, 5.74) is -0.203. The number of carbonyl (C=O) groups excluding carboxylic acids is 1. The number of carbonyl (C=O) groups is 2. The highest BCUT2D eigenvalue weighted by molar-refractivity contribution is 7.90. The highest BCUT2D eigenvalue weighted by Crippen LogP contribution is 2.18. The Bertz CT molecular complexity index is 1660. The van der Waals surface area contributed by atoms with E-state index in [0.717, 1.165) is 10.2 Å². The van der Waals surface area contributed by atoms with E-state index in [4.69, 9.17) is 0 Å². The van der Waals surface area contributed by atoms with Crippen LogP contribution in [-0.4, -0.2) is 51.6 Å². The van der Waals surface area contributed by atoms with E-state index in [9.17, 15) is 32.7 Å². The molecule has 38 heavy (non-hydrogen) atoms. The first-order valence-electron chi connectivity index (χ1n) is 11.3. The molecule has 0 aliphatic carbocycles. The molecule has 0 spiro atoms. The molecule has 13 heteroatoms. The van der Waals surface area contributed by atoms with Crippen molar-refractivity contribution in [3.63, 3.8) is 0 Å². The van der Waals surface area contributed by atoms with Crippen molar-refractivity contribution in [2.75, 3.05) is 6.61 Å². The average molecular weight is 543 g/mol. The predicted octanol–water partition coefficient (Wildman–Crippen LogP) is 2.04. The number of hydrogen-bond donors (Lipinski definition) is 3. The fourth-order valence-electron chi connectivity index (χ4n) is 3.36. The highest BCUT2D eigenvalue weighted by atomic mass is 32.2. The number of aromatic carboxylic acids is 1. The van der Waals surface area contributed by atoms with Gasteiger partial charge in [0.2, 0.25) is 0 Å². The standard InChI is InChI=1S/C18H16N2O5S.C7H10N2O3/c1-12-7-9-14(10-8-12)26(24,25)11-15-16(18(22)23)19-20(17(15)21)13-5-3-2-4-6-13;1-3-12-7(11)5-4-6(10)9(2)8-5/h2-10,19H,11H2,1H3,(H,22,23);4,8H,3H2,1-2H3. The fraction of sp³-hybridized carbons (Fsp3) is 0.200. The Balaban J connectivity index is 0.000000279. The average Bonchev–Trinajstić information content (AvgIpc) is 3.39. The number of aromatic amines is 2. The molecule has 0 saturated heterocycles. The third-order valence-electron chi connectivity index (χ3n) is 5.31. The van der Waals surface area contributed by atoms with Crippen LogP contribution in [0.4, 0.5) is 0 Å². The second-order valence-electron chi connectivity index (χ2n) is 8.11. The van der Waals surface area contributed by atoms with Gasteiger partial charge in [0.25, 0.3) is 11.1 Å². The van der Waals surface area contributed by atoms with Gasteiger partial charge in [0.15, 0.2) is 9.84 Å². The maximum Gasteiger partial charge on any atom is 0.356 e. The van der Waals surface area contributed by atoms with E-state index < -0.39 is 38.8 Å². The van der Waals surface area contributed by atoms with Crippen molar-refractivity contribution in [2.45, 2.75) is 24.5 Å². The van der Waals surface area contributed by atoms with E-state index in [0.29, 0.717) is 12.3 Å². The molecule has 0 atom stereocenters. The van der Waals surface area contributed by atoms with Crippen molar-refractivity contribution in [1.29, 1.82) is 0 Å². The summed E-state index contributed by atoms with van der Waals surface area (Å²) in [4.78, 5) is 46.1. The lowest BCUT2D eigenvalue weighted by Gasteiger charge is -2.04. The zero-order valence-electron chi connectivity index (χ0n) is 20.8. The first-order valence-corrected chi connectivity index (χ1v) is 12.9. The van der Waals surface area contributed by atoms with Crippen molar-refractivity contribution >= 4 is 21.8 Å². The normalized spacial score (nSPS) is 10.9. The summed E-state index contributed by atoms with van der Waals surface area (Å²) < 4.78 is 32.2. The molecular formula is C25H26N4O8S. The van der Waals surface area contributed by atoms with E-state index in [1.165, 1.54) is 29.9 Å². The van der Waals surface area contributed by atoms with Gasteiger partial charge >= 0.3 is 11.9 Å². The molecule has 12 nitrogen and oxygen atoms in total. The second-order valence-corrected chi connectivity index (χ2v) is 10.1. The van der Waals surface area contributed by atoms with Crippen LogP contribution in [0.3, 0.4) is 0 Å². The molecule has 200 valence electrons. The number of aryl methyl sites for hydroxylation is 2. The van der Waals surface area contributed by atoms with Gasteiger partial charge in [-0.1, -0.05) is 35.9 Å². The smallest absolute Gasteiger partial charge is 0.356 e. The summed E-state index contributed by atoms with van der Waals surface area (Å²) in [5, 5.41) is 14.4. The molecule has 0 aliphatic heterocycles. The zero-order chi connectivity index (χ0) is 28.0. The number of sulfone groups is 1. The number of ether oxygens (including phenoxy) is 1. The number of nitrogens with zero attached hydrogens (tertiary/aromatic N) is 2. The molecule has 4 aromatic rings. The number of aromatic nitrogens is 4. The summed E-state index contributed by atoms with van der Waals surface area (Å²) >= 11 is 0. The summed E-state index contributed by atoms with van der Waals surface area (Å²) in [6.07, 6.45) is 0. The molecule has 0 radical (unpaired) electrons. The van der Waals surface area contributed by atoms with Crippen LogP contribution in [0.5, 0.6) is 0 Å². The van der Waals surface area contributed by atoms with Gasteiger partial charge in [-0.3, -0.25) is 24.5 Å². The van der Waals surface area contributed by atoms with E-state index in [-0.39, 0.29) is 21.7 Å². The van der Waals surface area contributed by atoms with E-state index in [1.54, 1.807) is 49.4 Å². The van der Waals surface area contributed by atoms with Crippen LogP contribution in [0.15, 0.2) is 75.1 Å². The third kappa shape index (κ3) is 6.37. The maximum absolute atomic E-state index is 12.7. The van der Waals surface area contributed by atoms with E-state index in [1.807, 2.05) is 6.92 Å². The van der Waals surface area contributed by atoms with Gasteiger partial charge in [-0.05, 0) is 38.1 Å². The maximum atomic E-state index is 12.7. The Kier molecular flexibility index (Phi) is 8.53. The van der Waals surface area contributed by atoms with Gasteiger partial charge < -0.3 is 9.84 Å². The van der Waals surface area contributed by atoms with Gasteiger partial charge in [0, 0.05) is 13.1 Å². The number of H-pyrrole nitrogens is 2. The Morgan fingerprint density at radius 3 is 2.16 bits per heavy atom. The number of carboxylic acids is 1. The molecular weight excluding hydrogens is 516 g/mol. The minimum absolute atomic E-state index is 0.0336. The number of esters is 1. The first-order chi connectivity index (χ1) is 17.9. The van der Waals surface area contributed by atoms with Crippen molar-refractivity contribution in [1.82, 2.24) is 19.6 Å². The van der Waals surface area contributed by atoms with Crippen LogP contribution in [0, 0.1) is 6.92 Å². The largest absolute Gasteiger partial charge is 0.477 e. The zero-order valence-corrected chi connectivity index (χ0v) is 21.6. The topological polar surface area (TPSA) is 173 Å². The summed E-state index contributed by atoms with van der Waals surface area (Å²) in [6, 6.07) is 15.7. The molecule has 0 amide bonds. The minimum Gasteiger partial charge on any atom is -0.477 e. The minimum atomic E-state index is -3.87. The molecule has 0 fully saturated rings. The lowest BCUT2D eigenvalue weighted by atomic mass is 10.2. The first kappa shape index (κ1) is 27.9. The summed E-state index contributed by atoms with van der Waals surface area (Å²) in [6.45, 7) is 3.83. The van der Waals surface area contributed by atoms with Crippen LogP contribution in [0.25, 0.3) is 5.69 Å². The Labute approximate surface area is 217 Å². The van der Waals surface area contributed by atoms with E-state index in [2.05, 4.69) is 14.9 Å². The lowest BCUT2D eigenvalue weighted by Crippen LogP contribution is -2.20. The number of nitrogens with one attached hydrogen (secondary N) is 2. The molecule has 0 bridgehead atoms. The highest BCUT2D eigenvalue weighted by Gasteiger charge is 2.26. The molecule has 2 aromatic heterocycles.